The van der Waals surface area contributed by atoms with Gasteiger partial charge in [-0.05, 0) is 12.5 Å². The molecule has 0 radical (unpaired) electrons. The van der Waals surface area contributed by atoms with Gasteiger partial charge in [-0.2, -0.15) is 0 Å². The molecule has 1 aromatic rings. The minimum Gasteiger partial charge on any atom is -0.466 e. The lowest BCUT2D eigenvalue weighted by Gasteiger charge is -2.14. The minimum absolute atomic E-state index is 0.173. The first kappa shape index (κ1) is 16.7. The largest absolute Gasteiger partial charge is 0.466 e. The zero-order chi connectivity index (χ0) is 16.8. The van der Waals surface area contributed by atoms with Crippen molar-refractivity contribution < 1.29 is 23.9 Å². The molecule has 0 aromatic heterocycles. The molecule has 0 saturated carbocycles. The number of imide groups is 1. The van der Waals surface area contributed by atoms with Crippen molar-refractivity contribution in [1.82, 2.24) is 10.6 Å². The molecule has 7 nitrogen and oxygen atoms in total. The van der Waals surface area contributed by atoms with E-state index < -0.39 is 35.5 Å². The second-order valence-corrected chi connectivity index (χ2v) is 5.15. The van der Waals surface area contributed by atoms with Crippen molar-refractivity contribution in [3.63, 3.8) is 0 Å². The van der Waals surface area contributed by atoms with Gasteiger partial charge >= 0.3 is 5.97 Å². The van der Waals surface area contributed by atoms with Gasteiger partial charge in [0.2, 0.25) is 17.7 Å². The van der Waals surface area contributed by atoms with Crippen LogP contribution in [-0.2, 0) is 30.5 Å². The van der Waals surface area contributed by atoms with Gasteiger partial charge < -0.3 is 10.1 Å². The summed E-state index contributed by atoms with van der Waals surface area (Å²) in [6.07, 6.45) is -0.297. The van der Waals surface area contributed by atoms with Crippen LogP contribution in [0.5, 0.6) is 0 Å². The van der Waals surface area contributed by atoms with Gasteiger partial charge in [0.15, 0.2) is 0 Å². The highest BCUT2D eigenvalue weighted by Crippen LogP contribution is 2.23. The van der Waals surface area contributed by atoms with Crippen molar-refractivity contribution in [3.8, 4) is 0 Å². The van der Waals surface area contributed by atoms with Crippen molar-refractivity contribution in [2.45, 2.75) is 19.9 Å². The molecule has 1 fully saturated rings. The lowest BCUT2D eigenvalue weighted by atomic mass is 9.91. The number of benzene rings is 1. The average Bonchev–Trinajstić information content (AvgIpc) is 2.80. The molecule has 0 aliphatic carbocycles. The number of amides is 3. The van der Waals surface area contributed by atoms with E-state index in [1.807, 2.05) is 30.3 Å². The Hall–Kier alpha value is -2.70. The van der Waals surface area contributed by atoms with E-state index in [1.54, 1.807) is 6.92 Å². The molecular formula is C16H18N2O5. The third kappa shape index (κ3) is 4.15. The highest BCUT2D eigenvalue weighted by Gasteiger charge is 2.47. The van der Waals surface area contributed by atoms with E-state index in [4.69, 9.17) is 4.74 Å². The Morgan fingerprint density at radius 1 is 1.17 bits per heavy atom. The first-order valence-corrected chi connectivity index (χ1v) is 7.35. The van der Waals surface area contributed by atoms with E-state index in [2.05, 4.69) is 10.6 Å². The molecule has 0 bridgehead atoms. The van der Waals surface area contributed by atoms with E-state index in [0.717, 1.165) is 5.56 Å². The Bertz CT molecular complexity index is 614. The number of hydrogen-bond donors (Lipinski definition) is 2. The van der Waals surface area contributed by atoms with Gasteiger partial charge in [0.25, 0.3) is 0 Å². The maximum absolute atomic E-state index is 12.2. The van der Waals surface area contributed by atoms with Crippen molar-refractivity contribution in [1.29, 1.82) is 0 Å². The Kier molecular flexibility index (Phi) is 5.46. The van der Waals surface area contributed by atoms with E-state index >= 15 is 0 Å². The molecule has 2 atom stereocenters. The lowest BCUT2D eigenvalue weighted by Crippen LogP contribution is -2.38. The fourth-order valence-electron chi connectivity index (χ4n) is 2.43. The summed E-state index contributed by atoms with van der Waals surface area (Å²) < 4.78 is 4.78. The normalized spacial score (nSPS) is 20.0. The fourth-order valence-corrected chi connectivity index (χ4v) is 2.43. The van der Waals surface area contributed by atoms with Gasteiger partial charge in [-0.1, -0.05) is 30.3 Å². The third-order valence-electron chi connectivity index (χ3n) is 3.55. The molecule has 2 N–H and O–H groups in total. The highest BCUT2D eigenvalue weighted by molar-refractivity contribution is 6.15. The number of ether oxygens (including phenoxy) is 1. The molecule has 23 heavy (non-hydrogen) atoms. The van der Waals surface area contributed by atoms with Crippen LogP contribution in [0, 0.1) is 11.8 Å². The van der Waals surface area contributed by atoms with E-state index in [-0.39, 0.29) is 19.6 Å². The van der Waals surface area contributed by atoms with Gasteiger partial charge in [0, 0.05) is 6.54 Å². The first-order chi connectivity index (χ1) is 11.0. The third-order valence-corrected chi connectivity index (χ3v) is 3.55. The molecule has 0 unspecified atom stereocenters. The van der Waals surface area contributed by atoms with Gasteiger partial charge in [0.05, 0.1) is 18.9 Å². The summed E-state index contributed by atoms with van der Waals surface area (Å²) in [5.41, 5.74) is 0.868. The van der Waals surface area contributed by atoms with E-state index in [9.17, 15) is 19.2 Å². The van der Waals surface area contributed by atoms with Crippen LogP contribution in [0.4, 0.5) is 0 Å². The molecule has 2 rings (SSSR count). The van der Waals surface area contributed by atoms with Crippen LogP contribution in [-0.4, -0.2) is 30.3 Å². The SMILES string of the molecule is CCOC(=O)C[C@@H]1C(=O)NC(=O)[C@H]1C(=O)NCc1ccccc1. The summed E-state index contributed by atoms with van der Waals surface area (Å²) in [5, 5.41) is 4.72. The molecular weight excluding hydrogens is 300 g/mol. The van der Waals surface area contributed by atoms with E-state index in [1.165, 1.54) is 0 Å². The second-order valence-electron chi connectivity index (χ2n) is 5.15. The number of carbonyl (C=O) groups excluding carboxylic acids is 4. The number of carbonyl (C=O) groups is 4. The summed E-state index contributed by atoms with van der Waals surface area (Å²) in [4.78, 5) is 47.4. The molecule has 122 valence electrons. The average molecular weight is 318 g/mol. The number of nitrogens with one attached hydrogen (secondary N) is 2. The Morgan fingerprint density at radius 3 is 2.52 bits per heavy atom. The van der Waals surface area contributed by atoms with Crippen molar-refractivity contribution in [2.24, 2.45) is 11.8 Å². The molecule has 1 aliphatic heterocycles. The van der Waals surface area contributed by atoms with E-state index in [0.29, 0.717) is 0 Å². The predicted octanol–water partition coefficient (Wildman–Crippen LogP) is 0.145. The number of rotatable bonds is 6. The zero-order valence-corrected chi connectivity index (χ0v) is 12.7. The predicted molar refractivity (Wildman–Crippen MR) is 79.7 cm³/mol. The highest BCUT2D eigenvalue weighted by atomic mass is 16.5. The summed E-state index contributed by atoms with van der Waals surface area (Å²) in [7, 11) is 0. The first-order valence-electron chi connectivity index (χ1n) is 7.35. The van der Waals surface area contributed by atoms with Crippen LogP contribution < -0.4 is 10.6 Å². The molecule has 1 saturated heterocycles. The topological polar surface area (TPSA) is 102 Å². The maximum atomic E-state index is 12.2. The fraction of sp³-hybridized carbons (Fsp3) is 0.375. The summed E-state index contributed by atoms with van der Waals surface area (Å²) in [6.45, 7) is 2.05. The molecule has 1 heterocycles. The second kappa shape index (κ2) is 7.53. The molecule has 3 amide bonds. The number of esters is 1. The van der Waals surface area contributed by atoms with Crippen molar-refractivity contribution in [2.75, 3.05) is 6.61 Å². The summed E-state index contributed by atoms with van der Waals surface area (Å²) in [6, 6.07) is 9.17. The van der Waals surface area contributed by atoms with Gasteiger partial charge in [-0.15, -0.1) is 0 Å². The standard InChI is InChI=1S/C16H18N2O5/c1-2-23-12(19)8-11-13(16(22)18-14(11)20)15(21)17-9-10-6-4-3-5-7-10/h3-7,11,13H,2,8-9H2,1H3,(H,17,21)(H,18,20,22)/t11-,13+/m0/s1. The molecule has 1 aromatic carbocycles. The summed E-state index contributed by atoms with van der Waals surface area (Å²) in [5.74, 6) is -4.74. The van der Waals surface area contributed by atoms with Gasteiger partial charge in [-0.3, -0.25) is 24.5 Å². The summed E-state index contributed by atoms with van der Waals surface area (Å²) >= 11 is 0. The van der Waals surface area contributed by atoms with Gasteiger partial charge in [0.1, 0.15) is 5.92 Å². The Morgan fingerprint density at radius 2 is 1.87 bits per heavy atom. The minimum atomic E-state index is -1.21. The van der Waals surface area contributed by atoms with Crippen molar-refractivity contribution in [3.05, 3.63) is 35.9 Å². The Balaban J connectivity index is 2.01. The Labute approximate surface area is 133 Å². The maximum Gasteiger partial charge on any atom is 0.306 e. The van der Waals surface area contributed by atoms with Crippen LogP contribution in [0.1, 0.15) is 18.9 Å². The number of hydrogen-bond acceptors (Lipinski definition) is 5. The van der Waals surface area contributed by atoms with Crippen LogP contribution in [0.25, 0.3) is 0 Å². The van der Waals surface area contributed by atoms with Crippen molar-refractivity contribution >= 4 is 23.7 Å². The van der Waals surface area contributed by atoms with Gasteiger partial charge in [-0.25, -0.2) is 0 Å². The van der Waals surface area contributed by atoms with Crippen LogP contribution in [0.2, 0.25) is 0 Å². The van der Waals surface area contributed by atoms with Crippen LogP contribution >= 0.6 is 0 Å². The quantitative estimate of drug-likeness (QED) is 0.441. The molecule has 1 aliphatic rings. The smallest absolute Gasteiger partial charge is 0.306 e. The molecule has 0 spiro atoms. The monoisotopic (exact) mass is 318 g/mol. The lowest BCUT2D eigenvalue weighted by molar-refractivity contribution is -0.147. The van der Waals surface area contributed by atoms with Crippen LogP contribution in [0.3, 0.4) is 0 Å². The van der Waals surface area contributed by atoms with Crippen LogP contribution in [0.15, 0.2) is 30.3 Å². The zero-order valence-electron chi connectivity index (χ0n) is 12.7. The molecule has 7 heteroatoms.